The smallest absolute Gasteiger partial charge is 0.147 e. The van der Waals surface area contributed by atoms with Crippen molar-refractivity contribution in [3.05, 3.63) is 54.1 Å². The first-order valence-corrected chi connectivity index (χ1v) is 6.24. The minimum atomic E-state index is -0.178. The molecule has 2 aromatic rings. The van der Waals surface area contributed by atoms with Crippen LogP contribution in [0.3, 0.4) is 0 Å². The highest BCUT2D eigenvalue weighted by molar-refractivity contribution is 5.36. The molecule has 0 aliphatic carbocycles. The van der Waals surface area contributed by atoms with E-state index in [9.17, 15) is 4.39 Å². The Morgan fingerprint density at radius 2 is 1.89 bits per heavy atom. The average molecular weight is 246 g/mol. The van der Waals surface area contributed by atoms with Crippen LogP contribution in [-0.4, -0.2) is 30.1 Å². The molecule has 0 fully saturated rings. The first-order chi connectivity index (χ1) is 8.68. The van der Waals surface area contributed by atoms with Crippen molar-refractivity contribution in [1.82, 2.24) is 9.47 Å². The highest BCUT2D eigenvalue weighted by atomic mass is 19.1. The van der Waals surface area contributed by atoms with Crippen molar-refractivity contribution < 1.29 is 4.39 Å². The molecule has 0 aliphatic rings. The van der Waals surface area contributed by atoms with Crippen LogP contribution in [0.5, 0.6) is 0 Å². The molecule has 0 amide bonds. The number of hydrogen-bond acceptors (Lipinski definition) is 1. The molecule has 0 unspecified atom stereocenters. The summed E-state index contributed by atoms with van der Waals surface area (Å²) in [5.41, 5.74) is 1.78. The molecule has 0 bridgehead atoms. The molecule has 96 valence electrons. The fourth-order valence-electron chi connectivity index (χ4n) is 2.08. The number of benzene rings is 1. The van der Waals surface area contributed by atoms with Crippen molar-refractivity contribution >= 4 is 0 Å². The zero-order valence-electron chi connectivity index (χ0n) is 10.9. The Morgan fingerprint density at radius 3 is 2.61 bits per heavy atom. The molecule has 0 saturated carbocycles. The number of hydrogen-bond donors (Lipinski definition) is 0. The summed E-state index contributed by atoms with van der Waals surface area (Å²) >= 11 is 0. The highest BCUT2D eigenvalue weighted by Gasteiger charge is 2.07. The van der Waals surface area contributed by atoms with E-state index in [0.29, 0.717) is 5.69 Å². The maximum absolute atomic E-state index is 13.8. The van der Waals surface area contributed by atoms with E-state index in [4.69, 9.17) is 0 Å². The molecule has 2 nitrogen and oxygen atoms in total. The summed E-state index contributed by atoms with van der Waals surface area (Å²) in [5.74, 6) is -0.178. The second kappa shape index (κ2) is 5.83. The Bertz CT molecular complexity index is 503. The second-order valence-corrected chi connectivity index (χ2v) is 4.73. The summed E-state index contributed by atoms with van der Waals surface area (Å²) in [6.07, 6.45) is 3.95. The maximum atomic E-state index is 13.8. The van der Waals surface area contributed by atoms with Crippen LogP contribution in [0.25, 0.3) is 5.69 Å². The van der Waals surface area contributed by atoms with Crippen LogP contribution >= 0.6 is 0 Å². The summed E-state index contributed by atoms with van der Waals surface area (Å²) in [7, 11) is 4.13. The van der Waals surface area contributed by atoms with Crippen molar-refractivity contribution in [2.75, 3.05) is 20.6 Å². The minimum absolute atomic E-state index is 0.178. The van der Waals surface area contributed by atoms with Crippen molar-refractivity contribution in [3.63, 3.8) is 0 Å². The summed E-state index contributed by atoms with van der Waals surface area (Å²) < 4.78 is 15.7. The molecule has 1 heterocycles. The number of para-hydroxylation sites is 1. The molecule has 0 N–H and O–H groups in total. The van der Waals surface area contributed by atoms with Crippen molar-refractivity contribution in [2.45, 2.75) is 12.8 Å². The van der Waals surface area contributed by atoms with Crippen LogP contribution in [-0.2, 0) is 6.42 Å². The van der Waals surface area contributed by atoms with Crippen LogP contribution in [0.4, 0.5) is 4.39 Å². The third-order valence-corrected chi connectivity index (χ3v) is 2.98. The molecule has 3 heteroatoms. The monoisotopic (exact) mass is 246 g/mol. The molecule has 0 saturated heterocycles. The van der Waals surface area contributed by atoms with Gasteiger partial charge in [0.15, 0.2) is 0 Å². The van der Waals surface area contributed by atoms with Gasteiger partial charge in [0.05, 0.1) is 5.69 Å². The van der Waals surface area contributed by atoms with Crippen LogP contribution < -0.4 is 0 Å². The lowest BCUT2D eigenvalue weighted by molar-refractivity contribution is 0.399. The number of rotatable bonds is 5. The van der Waals surface area contributed by atoms with Gasteiger partial charge in [-0.15, -0.1) is 0 Å². The summed E-state index contributed by atoms with van der Waals surface area (Å²) in [6.45, 7) is 1.04. The largest absolute Gasteiger partial charge is 0.318 e. The van der Waals surface area contributed by atoms with Gasteiger partial charge >= 0.3 is 0 Å². The Balaban J connectivity index is 2.15. The summed E-state index contributed by atoms with van der Waals surface area (Å²) in [4.78, 5) is 2.16. The van der Waals surface area contributed by atoms with Gasteiger partial charge in [-0.1, -0.05) is 12.1 Å². The zero-order chi connectivity index (χ0) is 13.0. The molecule has 2 rings (SSSR count). The van der Waals surface area contributed by atoms with E-state index in [-0.39, 0.29) is 5.82 Å². The summed E-state index contributed by atoms with van der Waals surface area (Å²) in [6, 6.07) is 10.9. The molecule has 0 aliphatic heterocycles. The molecule has 1 aromatic carbocycles. The Kier molecular flexibility index (Phi) is 4.15. The van der Waals surface area contributed by atoms with E-state index in [1.54, 1.807) is 6.07 Å². The molecule has 0 spiro atoms. The first-order valence-electron chi connectivity index (χ1n) is 6.24. The Hall–Kier alpha value is -1.61. The fourth-order valence-corrected chi connectivity index (χ4v) is 2.08. The van der Waals surface area contributed by atoms with E-state index in [0.717, 1.165) is 25.1 Å². The third kappa shape index (κ3) is 2.99. The third-order valence-electron chi connectivity index (χ3n) is 2.98. The average Bonchev–Trinajstić information content (AvgIpc) is 2.77. The van der Waals surface area contributed by atoms with Crippen LogP contribution in [0.15, 0.2) is 42.6 Å². The number of aryl methyl sites for hydroxylation is 1. The van der Waals surface area contributed by atoms with Gasteiger partial charge in [-0.05, 0) is 57.7 Å². The number of halogens is 1. The normalized spacial score (nSPS) is 11.1. The minimum Gasteiger partial charge on any atom is -0.318 e. The molecule has 18 heavy (non-hydrogen) atoms. The van der Waals surface area contributed by atoms with Crippen molar-refractivity contribution in [2.24, 2.45) is 0 Å². The van der Waals surface area contributed by atoms with Crippen molar-refractivity contribution in [3.8, 4) is 5.69 Å². The second-order valence-electron chi connectivity index (χ2n) is 4.73. The summed E-state index contributed by atoms with van der Waals surface area (Å²) in [5, 5.41) is 0. The topological polar surface area (TPSA) is 8.17 Å². The standard InChI is InChI=1S/C15H19FN2/c1-17(2)11-5-7-13-8-6-12-18(13)15-10-4-3-9-14(15)16/h3-4,6,8-10,12H,5,7,11H2,1-2H3. The first kappa shape index (κ1) is 12.8. The molecule has 1 aromatic heterocycles. The molecular formula is C15H19FN2. The zero-order valence-corrected chi connectivity index (χ0v) is 10.9. The number of aromatic nitrogens is 1. The lowest BCUT2D eigenvalue weighted by Crippen LogP contribution is -2.14. The van der Waals surface area contributed by atoms with Gasteiger partial charge in [0.1, 0.15) is 5.82 Å². The maximum Gasteiger partial charge on any atom is 0.147 e. The van der Waals surface area contributed by atoms with E-state index >= 15 is 0 Å². The quantitative estimate of drug-likeness (QED) is 0.787. The van der Waals surface area contributed by atoms with Gasteiger partial charge in [-0.2, -0.15) is 0 Å². The van der Waals surface area contributed by atoms with Crippen LogP contribution in [0.2, 0.25) is 0 Å². The molecule has 0 atom stereocenters. The molecule has 0 radical (unpaired) electrons. The Labute approximate surface area is 108 Å². The lowest BCUT2D eigenvalue weighted by Gasteiger charge is -2.12. The van der Waals surface area contributed by atoms with E-state index in [2.05, 4.69) is 25.1 Å². The highest BCUT2D eigenvalue weighted by Crippen LogP contribution is 2.17. The van der Waals surface area contributed by atoms with E-state index in [1.807, 2.05) is 29.0 Å². The van der Waals surface area contributed by atoms with Gasteiger partial charge in [0.2, 0.25) is 0 Å². The van der Waals surface area contributed by atoms with Gasteiger partial charge in [0, 0.05) is 11.9 Å². The van der Waals surface area contributed by atoms with Crippen LogP contribution in [0, 0.1) is 5.82 Å². The van der Waals surface area contributed by atoms with Crippen molar-refractivity contribution in [1.29, 1.82) is 0 Å². The predicted octanol–water partition coefficient (Wildman–Crippen LogP) is 3.11. The SMILES string of the molecule is CN(C)CCCc1cccn1-c1ccccc1F. The fraction of sp³-hybridized carbons (Fsp3) is 0.333. The van der Waals surface area contributed by atoms with Gasteiger partial charge in [-0.3, -0.25) is 0 Å². The Morgan fingerprint density at radius 1 is 1.11 bits per heavy atom. The van der Waals surface area contributed by atoms with Crippen LogP contribution in [0.1, 0.15) is 12.1 Å². The van der Waals surface area contributed by atoms with Gasteiger partial charge in [0.25, 0.3) is 0 Å². The van der Waals surface area contributed by atoms with Gasteiger partial charge < -0.3 is 9.47 Å². The number of nitrogens with zero attached hydrogens (tertiary/aromatic N) is 2. The van der Waals surface area contributed by atoms with Gasteiger partial charge in [-0.25, -0.2) is 4.39 Å². The lowest BCUT2D eigenvalue weighted by atomic mass is 10.2. The van der Waals surface area contributed by atoms with E-state index < -0.39 is 0 Å². The molecular weight excluding hydrogens is 227 g/mol. The predicted molar refractivity (Wildman–Crippen MR) is 72.6 cm³/mol. The van der Waals surface area contributed by atoms with E-state index in [1.165, 1.54) is 6.07 Å².